The number of hydrogen-bond acceptors (Lipinski definition) is 5. The van der Waals surface area contributed by atoms with Gasteiger partial charge >= 0.3 is 0 Å². The number of carbonyl (C=O) groups excluding carboxylic acids is 1. The van der Waals surface area contributed by atoms with E-state index in [-0.39, 0.29) is 18.1 Å². The number of fused-ring (bicyclic) bond motifs is 1. The van der Waals surface area contributed by atoms with Gasteiger partial charge in [-0.3, -0.25) is 9.69 Å². The molecule has 6 heteroatoms. The predicted octanol–water partition coefficient (Wildman–Crippen LogP) is 3.39. The van der Waals surface area contributed by atoms with E-state index >= 15 is 0 Å². The number of thioether (sulfide) groups is 1. The zero-order chi connectivity index (χ0) is 16.7. The number of carbonyl (C=O) groups is 1. The summed E-state index contributed by atoms with van der Waals surface area (Å²) in [6.07, 6.45) is 5.24. The summed E-state index contributed by atoms with van der Waals surface area (Å²) in [7, 11) is 0. The first-order valence-electron chi connectivity index (χ1n) is 8.27. The van der Waals surface area contributed by atoms with Gasteiger partial charge in [-0.1, -0.05) is 30.0 Å². The molecule has 1 amide bonds. The highest BCUT2D eigenvalue weighted by Gasteiger charge is 2.34. The Morgan fingerprint density at radius 1 is 1.46 bits per heavy atom. The molecular weight excluding hydrogens is 342 g/mol. The highest BCUT2D eigenvalue weighted by atomic mass is 32.2. The van der Waals surface area contributed by atoms with Gasteiger partial charge < -0.3 is 9.47 Å². The fraction of sp³-hybridized carbons (Fsp3) is 0.444. The molecule has 3 heterocycles. The summed E-state index contributed by atoms with van der Waals surface area (Å²) in [5, 5.41) is 0. The maximum absolute atomic E-state index is 12.7. The van der Waals surface area contributed by atoms with Crippen molar-refractivity contribution in [3.63, 3.8) is 0 Å². The average molecular weight is 361 g/mol. The van der Waals surface area contributed by atoms with Crippen molar-refractivity contribution in [3.05, 3.63) is 34.2 Å². The SMILES string of the molecule is CC1Cc2cc(/C=C3\SC(=S)N(CC4CCCO4)C3=O)ccc2O1. The number of rotatable bonds is 3. The third-order valence-corrected chi connectivity index (χ3v) is 5.88. The van der Waals surface area contributed by atoms with Crippen molar-refractivity contribution in [2.45, 2.75) is 38.4 Å². The van der Waals surface area contributed by atoms with E-state index in [1.807, 2.05) is 18.2 Å². The minimum absolute atomic E-state index is 0.00869. The topological polar surface area (TPSA) is 38.8 Å². The van der Waals surface area contributed by atoms with Crippen LogP contribution >= 0.6 is 24.0 Å². The van der Waals surface area contributed by atoms with E-state index in [4.69, 9.17) is 21.7 Å². The van der Waals surface area contributed by atoms with Crippen molar-refractivity contribution in [1.82, 2.24) is 4.90 Å². The number of nitrogens with zero attached hydrogens (tertiary/aromatic N) is 1. The molecule has 0 radical (unpaired) electrons. The normalized spacial score (nSPS) is 27.9. The Labute approximate surface area is 151 Å². The van der Waals surface area contributed by atoms with Crippen molar-refractivity contribution in [3.8, 4) is 5.75 Å². The van der Waals surface area contributed by atoms with Crippen LogP contribution in [0.4, 0.5) is 0 Å². The molecule has 0 bridgehead atoms. The first-order chi connectivity index (χ1) is 11.6. The van der Waals surface area contributed by atoms with Crippen LogP contribution in [0.1, 0.15) is 30.9 Å². The number of thiocarbonyl (C=S) groups is 1. The van der Waals surface area contributed by atoms with Gasteiger partial charge in [0.25, 0.3) is 5.91 Å². The molecule has 2 fully saturated rings. The molecule has 2 unspecified atom stereocenters. The van der Waals surface area contributed by atoms with Gasteiger partial charge in [0, 0.05) is 13.0 Å². The Hall–Kier alpha value is -1.37. The van der Waals surface area contributed by atoms with Crippen molar-refractivity contribution < 1.29 is 14.3 Å². The quantitative estimate of drug-likeness (QED) is 0.609. The second-order valence-corrected chi connectivity index (χ2v) is 8.10. The number of hydrogen-bond donors (Lipinski definition) is 0. The summed E-state index contributed by atoms with van der Waals surface area (Å²) >= 11 is 6.77. The van der Waals surface area contributed by atoms with Crippen LogP contribution in [0.2, 0.25) is 0 Å². The molecule has 0 N–H and O–H groups in total. The van der Waals surface area contributed by atoms with E-state index in [2.05, 4.69) is 13.0 Å². The van der Waals surface area contributed by atoms with Gasteiger partial charge in [-0.25, -0.2) is 0 Å². The number of ether oxygens (including phenoxy) is 2. The smallest absolute Gasteiger partial charge is 0.266 e. The Kier molecular flexibility index (Phi) is 4.37. The molecule has 24 heavy (non-hydrogen) atoms. The van der Waals surface area contributed by atoms with Gasteiger partial charge in [-0.15, -0.1) is 0 Å². The molecule has 126 valence electrons. The van der Waals surface area contributed by atoms with Crippen LogP contribution in [0.25, 0.3) is 6.08 Å². The first kappa shape index (κ1) is 16.1. The van der Waals surface area contributed by atoms with Crippen molar-refractivity contribution >= 4 is 40.3 Å². The Morgan fingerprint density at radius 3 is 3.12 bits per heavy atom. The molecule has 2 saturated heterocycles. The Bertz CT molecular complexity index is 725. The maximum Gasteiger partial charge on any atom is 0.266 e. The summed E-state index contributed by atoms with van der Waals surface area (Å²) in [5.74, 6) is 0.941. The zero-order valence-electron chi connectivity index (χ0n) is 13.5. The van der Waals surface area contributed by atoms with Crippen LogP contribution in [0.5, 0.6) is 5.75 Å². The molecule has 0 aliphatic carbocycles. The summed E-state index contributed by atoms with van der Waals surface area (Å²) in [4.78, 5) is 15.0. The molecule has 1 aromatic rings. The number of amides is 1. The molecular formula is C18H19NO3S2. The third kappa shape index (κ3) is 3.10. The van der Waals surface area contributed by atoms with Crippen LogP contribution in [-0.2, 0) is 16.0 Å². The van der Waals surface area contributed by atoms with E-state index in [0.717, 1.165) is 37.2 Å². The van der Waals surface area contributed by atoms with E-state index in [9.17, 15) is 4.79 Å². The van der Waals surface area contributed by atoms with Gasteiger partial charge in [0.2, 0.25) is 0 Å². The van der Waals surface area contributed by atoms with Crippen LogP contribution < -0.4 is 4.74 Å². The fourth-order valence-corrected chi connectivity index (χ4v) is 4.61. The molecule has 0 spiro atoms. The van der Waals surface area contributed by atoms with Crippen molar-refractivity contribution in [1.29, 1.82) is 0 Å². The van der Waals surface area contributed by atoms with Crippen LogP contribution in [0, 0.1) is 0 Å². The first-order valence-corrected chi connectivity index (χ1v) is 9.49. The molecule has 1 aromatic carbocycles. The molecule has 0 saturated carbocycles. The lowest BCUT2D eigenvalue weighted by Crippen LogP contribution is -2.35. The maximum atomic E-state index is 12.7. The molecule has 3 aliphatic heterocycles. The van der Waals surface area contributed by atoms with Crippen LogP contribution in [-0.4, -0.2) is 40.5 Å². The lowest BCUT2D eigenvalue weighted by Gasteiger charge is -2.18. The third-order valence-electron chi connectivity index (χ3n) is 4.50. The second kappa shape index (κ2) is 6.50. The standard InChI is InChI=1S/C18H19NO3S2/c1-11-7-13-8-12(4-5-15(13)22-11)9-16-17(20)19(18(23)24-16)10-14-3-2-6-21-14/h4-5,8-9,11,14H,2-3,6-7,10H2,1H3/b16-9-. The fourth-order valence-electron chi connectivity index (χ4n) is 3.33. The average Bonchev–Trinajstić information content (AvgIpc) is 3.23. The summed E-state index contributed by atoms with van der Waals surface area (Å²) in [5.41, 5.74) is 2.22. The summed E-state index contributed by atoms with van der Waals surface area (Å²) < 4.78 is 12.0. The van der Waals surface area contributed by atoms with Gasteiger partial charge in [0.1, 0.15) is 16.2 Å². The van der Waals surface area contributed by atoms with Crippen molar-refractivity contribution in [2.75, 3.05) is 13.2 Å². The van der Waals surface area contributed by atoms with Crippen LogP contribution in [0.3, 0.4) is 0 Å². The highest BCUT2D eigenvalue weighted by molar-refractivity contribution is 8.26. The van der Waals surface area contributed by atoms with Gasteiger partial charge in [-0.05, 0) is 49.1 Å². The minimum Gasteiger partial charge on any atom is -0.490 e. The van der Waals surface area contributed by atoms with Gasteiger partial charge in [0.05, 0.1) is 17.6 Å². The molecule has 4 rings (SSSR count). The van der Waals surface area contributed by atoms with E-state index in [0.29, 0.717) is 15.8 Å². The lowest BCUT2D eigenvalue weighted by atomic mass is 10.1. The molecule has 3 aliphatic rings. The minimum atomic E-state index is -0.00869. The van der Waals surface area contributed by atoms with E-state index in [1.165, 1.54) is 17.3 Å². The van der Waals surface area contributed by atoms with Gasteiger partial charge in [-0.2, -0.15) is 0 Å². The molecule has 4 nitrogen and oxygen atoms in total. The number of benzene rings is 1. The molecule has 2 atom stereocenters. The van der Waals surface area contributed by atoms with E-state index in [1.54, 1.807) is 4.90 Å². The lowest BCUT2D eigenvalue weighted by molar-refractivity contribution is -0.123. The predicted molar refractivity (Wildman–Crippen MR) is 99.1 cm³/mol. The van der Waals surface area contributed by atoms with E-state index < -0.39 is 0 Å². The highest BCUT2D eigenvalue weighted by Crippen LogP contribution is 2.35. The summed E-state index contributed by atoms with van der Waals surface area (Å²) in [6.45, 7) is 3.42. The van der Waals surface area contributed by atoms with Crippen molar-refractivity contribution in [2.24, 2.45) is 0 Å². The van der Waals surface area contributed by atoms with Crippen LogP contribution in [0.15, 0.2) is 23.1 Å². The second-order valence-electron chi connectivity index (χ2n) is 6.43. The zero-order valence-corrected chi connectivity index (χ0v) is 15.1. The largest absolute Gasteiger partial charge is 0.490 e. The summed E-state index contributed by atoms with van der Waals surface area (Å²) in [6, 6.07) is 6.08. The Balaban J connectivity index is 1.52. The Morgan fingerprint density at radius 2 is 2.33 bits per heavy atom. The molecule has 0 aromatic heterocycles. The monoisotopic (exact) mass is 361 g/mol. The van der Waals surface area contributed by atoms with Gasteiger partial charge in [0.15, 0.2) is 0 Å².